The molecule has 0 spiro atoms. The molecule has 1 aromatic carbocycles. The minimum absolute atomic E-state index is 0.606. The van der Waals surface area contributed by atoms with E-state index in [2.05, 4.69) is 54.5 Å². The Kier molecular flexibility index (Phi) is 4.94. The molecule has 1 aromatic heterocycles. The van der Waals surface area contributed by atoms with E-state index in [1.54, 1.807) is 0 Å². The molecule has 0 atom stereocenters. The van der Waals surface area contributed by atoms with Crippen LogP contribution in [-0.2, 0) is 6.42 Å². The largest absolute Gasteiger partial charge is 0.369 e. The number of aromatic nitrogens is 1. The number of anilines is 1. The molecule has 0 aliphatic rings. The monoisotopic (exact) mass is 279 g/mol. The van der Waals surface area contributed by atoms with E-state index in [0.717, 1.165) is 36.2 Å². The second-order valence-corrected chi connectivity index (χ2v) is 5.14. The first kappa shape index (κ1) is 15.1. The molecular formula is C18H21N3. The zero-order valence-electron chi connectivity index (χ0n) is 12.9. The number of hydrogen-bond acceptors (Lipinski definition) is 3. The van der Waals surface area contributed by atoms with Gasteiger partial charge in [0.15, 0.2) is 0 Å². The summed E-state index contributed by atoms with van der Waals surface area (Å²) >= 11 is 0. The summed E-state index contributed by atoms with van der Waals surface area (Å²) in [5.74, 6) is 0.680. The van der Waals surface area contributed by atoms with Gasteiger partial charge >= 0.3 is 0 Å². The zero-order valence-corrected chi connectivity index (χ0v) is 12.9. The topological polar surface area (TPSA) is 48.7 Å². The van der Waals surface area contributed by atoms with Gasteiger partial charge in [0, 0.05) is 12.1 Å². The lowest BCUT2D eigenvalue weighted by Gasteiger charge is -2.12. The Balaban J connectivity index is 2.44. The minimum Gasteiger partial charge on any atom is -0.369 e. The van der Waals surface area contributed by atoms with Crippen LogP contribution in [0.15, 0.2) is 30.3 Å². The van der Waals surface area contributed by atoms with Crippen molar-refractivity contribution in [2.45, 2.75) is 33.6 Å². The van der Waals surface area contributed by atoms with Crippen LogP contribution in [-0.4, -0.2) is 11.5 Å². The number of aryl methyl sites for hydroxylation is 2. The van der Waals surface area contributed by atoms with Gasteiger partial charge in [-0.1, -0.05) is 38.1 Å². The average Bonchev–Trinajstić information content (AvgIpc) is 2.53. The van der Waals surface area contributed by atoms with Crippen LogP contribution in [0.3, 0.4) is 0 Å². The third-order valence-corrected chi connectivity index (χ3v) is 3.51. The molecule has 2 rings (SSSR count). The smallest absolute Gasteiger partial charge is 0.144 e. The SMILES string of the molecule is CCCNc1nc(-c2ccc(CC)cc2)c(C)cc1C#N. The van der Waals surface area contributed by atoms with Crippen molar-refractivity contribution in [3.05, 3.63) is 47.0 Å². The highest BCUT2D eigenvalue weighted by Gasteiger charge is 2.10. The van der Waals surface area contributed by atoms with Crippen LogP contribution in [0.1, 0.15) is 37.0 Å². The van der Waals surface area contributed by atoms with E-state index in [1.165, 1.54) is 5.56 Å². The van der Waals surface area contributed by atoms with Crippen molar-refractivity contribution in [2.24, 2.45) is 0 Å². The molecule has 108 valence electrons. The molecule has 0 saturated heterocycles. The molecule has 0 aliphatic carbocycles. The van der Waals surface area contributed by atoms with Crippen LogP contribution < -0.4 is 5.32 Å². The lowest BCUT2D eigenvalue weighted by molar-refractivity contribution is 0.967. The molecule has 2 aromatic rings. The van der Waals surface area contributed by atoms with Gasteiger partial charge in [0.2, 0.25) is 0 Å². The molecule has 3 heteroatoms. The predicted octanol–water partition coefficient (Wildman–Crippen LogP) is 4.31. The average molecular weight is 279 g/mol. The van der Waals surface area contributed by atoms with E-state index in [-0.39, 0.29) is 0 Å². The van der Waals surface area contributed by atoms with E-state index in [0.29, 0.717) is 11.4 Å². The Labute approximate surface area is 126 Å². The number of pyridine rings is 1. The zero-order chi connectivity index (χ0) is 15.2. The lowest BCUT2D eigenvalue weighted by Crippen LogP contribution is -2.06. The number of hydrogen-bond donors (Lipinski definition) is 1. The molecule has 0 saturated carbocycles. The van der Waals surface area contributed by atoms with Crippen molar-refractivity contribution < 1.29 is 0 Å². The summed E-state index contributed by atoms with van der Waals surface area (Å²) in [7, 11) is 0. The molecule has 0 aliphatic heterocycles. The Hall–Kier alpha value is -2.34. The molecule has 0 bridgehead atoms. The molecule has 3 nitrogen and oxygen atoms in total. The standard InChI is InChI=1S/C18H21N3/c1-4-10-20-18-16(12-19)11-13(3)17(21-18)15-8-6-14(5-2)7-9-15/h6-9,11H,4-5,10H2,1-3H3,(H,20,21). The van der Waals surface area contributed by atoms with Gasteiger partial charge in [0.1, 0.15) is 11.9 Å². The number of nitrogens with one attached hydrogen (secondary N) is 1. The molecule has 21 heavy (non-hydrogen) atoms. The normalized spacial score (nSPS) is 10.2. The van der Waals surface area contributed by atoms with E-state index < -0.39 is 0 Å². The van der Waals surface area contributed by atoms with Crippen LogP contribution in [0.2, 0.25) is 0 Å². The molecule has 1 N–H and O–H groups in total. The predicted molar refractivity (Wildman–Crippen MR) is 87.3 cm³/mol. The second kappa shape index (κ2) is 6.90. The first-order valence-electron chi connectivity index (χ1n) is 7.44. The molecular weight excluding hydrogens is 258 g/mol. The van der Waals surface area contributed by atoms with Crippen LogP contribution in [0, 0.1) is 18.3 Å². The summed E-state index contributed by atoms with van der Waals surface area (Å²) in [4.78, 5) is 4.67. The Morgan fingerprint density at radius 1 is 1.19 bits per heavy atom. The number of rotatable bonds is 5. The first-order valence-corrected chi connectivity index (χ1v) is 7.44. The third-order valence-electron chi connectivity index (χ3n) is 3.51. The number of nitrogens with zero attached hydrogens (tertiary/aromatic N) is 2. The lowest BCUT2D eigenvalue weighted by atomic mass is 10.0. The summed E-state index contributed by atoms with van der Waals surface area (Å²) in [5, 5.41) is 12.5. The summed E-state index contributed by atoms with van der Waals surface area (Å²) in [6.45, 7) is 7.06. The van der Waals surface area contributed by atoms with E-state index in [1.807, 2.05) is 13.0 Å². The van der Waals surface area contributed by atoms with Crippen LogP contribution >= 0.6 is 0 Å². The van der Waals surface area contributed by atoms with Crippen LogP contribution in [0.4, 0.5) is 5.82 Å². The van der Waals surface area contributed by atoms with Crippen molar-refractivity contribution in [1.29, 1.82) is 5.26 Å². The Morgan fingerprint density at radius 2 is 1.90 bits per heavy atom. The molecule has 0 fully saturated rings. The molecule has 1 heterocycles. The van der Waals surface area contributed by atoms with Crippen LogP contribution in [0.5, 0.6) is 0 Å². The maximum atomic E-state index is 9.24. The summed E-state index contributed by atoms with van der Waals surface area (Å²) in [6, 6.07) is 12.6. The van der Waals surface area contributed by atoms with Crippen molar-refractivity contribution in [2.75, 3.05) is 11.9 Å². The fraction of sp³-hybridized carbons (Fsp3) is 0.333. The summed E-state index contributed by atoms with van der Waals surface area (Å²) < 4.78 is 0. The van der Waals surface area contributed by atoms with E-state index >= 15 is 0 Å². The summed E-state index contributed by atoms with van der Waals surface area (Å²) in [6.07, 6.45) is 2.03. The number of benzene rings is 1. The second-order valence-electron chi connectivity index (χ2n) is 5.14. The van der Waals surface area contributed by atoms with Gasteiger partial charge in [-0.05, 0) is 37.0 Å². The maximum absolute atomic E-state index is 9.24. The number of nitriles is 1. The maximum Gasteiger partial charge on any atom is 0.144 e. The van der Waals surface area contributed by atoms with Crippen molar-refractivity contribution in [3.8, 4) is 17.3 Å². The van der Waals surface area contributed by atoms with Gasteiger partial charge in [-0.2, -0.15) is 5.26 Å². The van der Waals surface area contributed by atoms with E-state index in [9.17, 15) is 5.26 Å². The highest BCUT2D eigenvalue weighted by Crippen LogP contribution is 2.26. The minimum atomic E-state index is 0.606. The Bertz CT molecular complexity index is 651. The Morgan fingerprint density at radius 3 is 2.48 bits per heavy atom. The van der Waals surface area contributed by atoms with Crippen molar-refractivity contribution in [1.82, 2.24) is 4.98 Å². The summed E-state index contributed by atoms with van der Waals surface area (Å²) in [5.41, 5.74) is 4.98. The molecule has 0 amide bonds. The fourth-order valence-electron chi connectivity index (χ4n) is 2.27. The molecule has 0 unspecified atom stereocenters. The van der Waals surface area contributed by atoms with Gasteiger partial charge in [0.05, 0.1) is 11.3 Å². The highest BCUT2D eigenvalue weighted by atomic mass is 15.0. The molecule has 0 radical (unpaired) electrons. The van der Waals surface area contributed by atoms with E-state index in [4.69, 9.17) is 0 Å². The third kappa shape index (κ3) is 3.41. The van der Waals surface area contributed by atoms with Gasteiger partial charge in [-0.25, -0.2) is 4.98 Å². The van der Waals surface area contributed by atoms with Crippen molar-refractivity contribution in [3.63, 3.8) is 0 Å². The van der Waals surface area contributed by atoms with Gasteiger partial charge in [-0.15, -0.1) is 0 Å². The fourth-order valence-corrected chi connectivity index (χ4v) is 2.27. The van der Waals surface area contributed by atoms with Gasteiger partial charge in [0.25, 0.3) is 0 Å². The highest BCUT2D eigenvalue weighted by molar-refractivity contribution is 5.68. The van der Waals surface area contributed by atoms with Gasteiger partial charge < -0.3 is 5.32 Å². The van der Waals surface area contributed by atoms with Crippen LogP contribution in [0.25, 0.3) is 11.3 Å². The quantitative estimate of drug-likeness (QED) is 0.887. The first-order chi connectivity index (χ1) is 10.2. The van der Waals surface area contributed by atoms with Crippen molar-refractivity contribution >= 4 is 5.82 Å². The van der Waals surface area contributed by atoms with Gasteiger partial charge in [-0.3, -0.25) is 0 Å².